The molecular formula is C18H20N2O4. The summed E-state index contributed by atoms with van der Waals surface area (Å²) in [5.74, 6) is -1.62. The molecule has 0 aromatic heterocycles. The Morgan fingerprint density at radius 1 is 0.917 bits per heavy atom. The van der Waals surface area contributed by atoms with E-state index in [1.54, 1.807) is 0 Å². The monoisotopic (exact) mass is 328 g/mol. The maximum Gasteiger partial charge on any atom is 0.339 e. The van der Waals surface area contributed by atoms with Crippen molar-refractivity contribution in [2.24, 2.45) is 0 Å². The van der Waals surface area contributed by atoms with E-state index in [4.69, 9.17) is 5.11 Å². The van der Waals surface area contributed by atoms with Gasteiger partial charge in [0.05, 0.1) is 0 Å². The lowest BCUT2D eigenvalue weighted by molar-refractivity contribution is 0.0693. The fourth-order valence-corrected chi connectivity index (χ4v) is 2.54. The number of aromatic carboxylic acids is 1. The molecular weight excluding hydrogens is 308 g/mol. The van der Waals surface area contributed by atoms with Gasteiger partial charge < -0.3 is 20.8 Å². The maximum absolute atomic E-state index is 12.2. The van der Waals surface area contributed by atoms with E-state index in [1.165, 1.54) is 18.2 Å². The molecule has 0 radical (unpaired) electrons. The number of hydrogen-bond acceptors (Lipinski definition) is 3. The summed E-state index contributed by atoms with van der Waals surface area (Å²) in [7, 11) is 0. The van der Waals surface area contributed by atoms with Crippen LogP contribution in [0.4, 0.5) is 16.2 Å². The van der Waals surface area contributed by atoms with Gasteiger partial charge in [-0.15, -0.1) is 0 Å². The SMILES string of the molecule is Cc1cc(C)c(NC(=O)Nc2ccc(O)c(C(=O)O)c2)c(C)c1C. The normalized spacial score (nSPS) is 10.3. The highest BCUT2D eigenvalue weighted by Crippen LogP contribution is 2.27. The molecule has 4 N–H and O–H groups in total. The van der Waals surface area contributed by atoms with Crippen molar-refractivity contribution in [3.63, 3.8) is 0 Å². The molecule has 2 aromatic carbocycles. The Hall–Kier alpha value is -3.02. The van der Waals surface area contributed by atoms with Crippen LogP contribution in [0.15, 0.2) is 24.3 Å². The van der Waals surface area contributed by atoms with E-state index < -0.39 is 12.0 Å². The molecule has 0 unspecified atom stereocenters. The summed E-state index contributed by atoms with van der Waals surface area (Å²) in [5.41, 5.74) is 4.93. The number of benzene rings is 2. The average molecular weight is 328 g/mol. The van der Waals surface area contributed by atoms with E-state index in [2.05, 4.69) is 10.6 Å². The van der Waals surface area contributed by atoms with Crippen molar-refractivity contribution < 1.29 is 19.8 Å². The third kappa shape index (κ3) is 3.48. The van der Waals surface area contributed by atoms with Crippen LogP contribution in [0.3, 0.4) is 0 Å². The fraction of sp³-hybridized carbons (Fsp3) is 0.222. The zero-order chi connectivity index (χ0) is 18.0. The van der Waals surface area contributed by atoms with Crippen LogP contribution >= 0.6 is 0 Å². The molecule has 0 spiro atoms. The van der Waals surface area contributed by atoms with E-state index in [9.17, 15) is 14.7 Å². The number of phenols is 1. The Morgan fingerprint density at radius 3 is 2.21 bits per heavy atom. The maximum atomic E-state index is 12.2. The Kier molecular flexibility index (Phi) is 4.78. The average Bonchev–Trinajstić information content (AvgIpc) is 2.51. The van der Waals surface area contributed by atoms with Gasteiger partial charge in [-0.3, -0.25) is 0 Å². The number of aryl methyl sites for hydroxylation is 2. The number of carbonyl (C=O) groups is 2. The molecule has 0 aliphatic carbocycles. The summed E-state index contributed by atoms with van der Waals surface area (Å²) < 4.78 is 0. The smallest absolute Gasteiger partial charge is 0.339 e. The van der Waals surface area contributed by atoms with Crippen molar-refractivity contribution >= 4 is 23.4 Å². The number of amides is 2. The lowest BCUT2D eigenvalue weighted by Crippen LogP contribution is -2.21. The minimum Gasteiger partial charge on any atom is -0.507 e. The molecule has 6 heteroatoms. The van der Waals surface area contributed by atoms with Crippen LogP contribution < -0.4 is 10.6 Å². The summed E-state index contributed by atoms with van der Waals surface area (Å²) >= 11 is 0. The van der Waals surface area contributed by atoms with Gasteiger partial charge in [0.1, 0.15) is 11.3 Å². The Labute approximate surface area is 140 Å². The molecule has 24 heavy (non-hydrogen) atoms. The molecule has 2 aromatic rings. The van der Waals surface area contributed by atoms with Crippen molar-refractivity contribution in [2.45, 2.75) is 27.7 Å². The van der Waals surface area contributed by atoms with Gasteiger partial charge in [0.2, 0.25) is 0 Å². The number of nitrogens with one attached hydrogen (secondary N) is 2. The van der Waals surface area contributed by atoms with Crippen molar-refractivity contribution in [1.29, 1.82) is 0 Å². The first-order valence-electron chi connectivity index (χ1n) is 7.42. The largest absolute Gasteiger partial charge is 0.507 e. The number of anilines is 2. The van der Waals surface area contributed by atoms with Gasteiger partial charge >= 0.3 is 12.0 Å². The van der Waals surface area contributed by atoms with Gasteiger partial charge in [-0.25, -0.2) is 9.59 Å². The lowest BCUT2D eigenvalue weighted by atomic mass is 9.98. The molecule has 0 saturated heterocycles. The first-order chi connectivity index (χ1) is 11.2. The van der Waals surface area contributed by atoms with Gasteiger partial charge in [-0.1, -0.05) is 6.07 Å². The third-order valence-electron chi connectivity index (χ3n) is 4.08. The zero-order valence-electron chi connectivity index (χ0n) is 14.0. The molecule has 126 valence electrons. The van der Waals surface area contributed by atoms with Crippen molar-refractivity contribution in [1.82, 2.24) is 0 Å². The van der Waals surface area contributed by atoms with E-state index >= 15 is 0 Å². The van der Waals surface area contributed by atoms with Gasteiger partial charge in [-0.2, -0.15) is 0 Å². The Balaban J connectivity index is 2.22. The van der Waals surface area contributed by atoms with E-state index in [0.29, 0.717) is 0 Å². The Morgan fingerprint density at radius 2 is 1.58 bits per heavy atom. The highest BCUT2D eigenvalue weighted by atomic mass is 16.4. The summed E-state index contributed by atoms with van der Waals surface area (Å²) in [4.78, 5) is 23.2. The number of hydrogen-bond donors (Lipinski definition) is 4. The molecule has 0 saturated carbocycles. The first-order valence-corrected chi connectivity index (χ1v) is 7.42. The summed E-state index contributed by atoms with van der Waals surface area (Å²) in [5, 5.41) is 23.9. The summed E-state index contributed by atoms with van der Waals surface area (Å²) in [6, 6.07) is 5.39. The number of rotatable bonds is 3. The van der Waals surface area contributed by atoms with E-state index in [1.807, 2.05) is 33.8 Å². The lowest BCUT2D eigenvalue weighted by Gasteiger charge is -2.16. The second kappa shape index (κ2) is 6.62. The van der Waals surface area contributed by atoms with Crippen LogP contribution in [0, 0.1) is 27.7 Å². The minimum atomic E-state index is -1.27. The topological polar surface area (TPSA) is 98.7 Å². The molecule has 0 bridgehead atoms. The quantitative estimate of drug-likeness (QED) is 0.641. The molecule has 2 rings (SSSR count). The van der Waals surface area contributed by atoms with Crippen molar-refractivity contribution in [2.75, 3.05) is 10.6 Å². The minimum absolute atomic E-state index is 0.272. The van der Waals surface area contributed by atoms with Crippen LogP contribution in [0.5, 0.6) is 5.75 Å². The molecule has 0 aliphatic heterocycles. The number of aromatic hydroxyl groups is 1. The van der Waals surface area contributed by atoms with E-state index in [0.717, 1.165) is 27.9 Å². The number of urea groups is 1. The first kappa shape index (κ1) is 17.3. The zero-order valence-corrected chi connectivity index (χ0v) is 14.0. The van der Waals surface area contributed by atoms with Crippen LogP contribution in [-0.2, 0) is 0 Å². The standard InChI is InChI=1S/C18H20N2O4/c1-9-7-10(2)16(12(4)11(9)3)20-18(24)19-13-5-6-15(21)14(8-13)17(22)23/h5-8,21H,1-4H3,(H,22,23)(H2,19,20,24). The summed E-state index contributed by atoms with van der Waals surface area (Å²) in [6.45, 7) is 7.86. The van der Waals surface area contributed by atoms with Crippen LogP contribution in [0.25, 0.3) is 0 Å². The van der Waals surface area contributed by atoms with Gasteiger partial charge in [0.15, 0.2) is 0 Å². The fourth-order valence-electron chi connectivity index (χ4n) is 2.54. The van der Waals surface area contributed by atoms with Gasteiger partial charge in [-0.05, 0) is 68.1 Å². The van der Waals surface area contributed by atoms with Crippen molar-refractivity contribution in [3.8, 4) is 5.75 Å². The molecule has 0 heterocycles. The van der Waals surface area contributed by atoms with E-state index in [-0.39, 0.29) is 17.0 Å². The molecule has 2 amide bonds. The number of carboxylic acids is 1. The number of carbonyl (C=O) groups excluding carboxylic acids is 1. The molecule has 0 aliphatic rings. The van der Waals surface area contributed by atoms with Gasteiger partial charge in [0.25, 0.3) is 0 Å². The highest BCUT2D eigenvalue weighted by Gasteiger charge is 2.14. The second-order valence-corrected chi connectivity index (χ2v) is 5.75. The van der Waals surface area contributed by atoms with Crippen LogP contribution in [-0.4, -0.2) is 22.2 Å². The predicted molar refractivity (Wildman–Crippen MR) is 93.1 cm³/mol. The molecule has 6 nitrogen and oxygen atoms in total. The Bertz CT molecular complexity index is 828. The summed E-state index contributed by atoms with van der Waals surface area (Å²) in [6.07, 6.45) is 0. The molecule has 0 fully saturated rings. The third-order valence-corrected chi connectivity index (χ3v) is 4.08. The van der Waals surface area contributed by atoms with Gasteiger partial charge in [0, 0.05) is 11.4 Å². The van der Waals surface area contributed by atoms with Crippen LogP contribution in [0.1, 0.15) is 32.6 Å². The second-order valence-electron chi connectivity index (χ2n) is 5.75. The molecule has 0 atom stereocenters. The van der Waals surface area contributed by atoms with Crippen LogP contribution in [0.2, 0.25) is 0 Å². The number of carboxylic acid groups (broad SMARTS) is 1. The van der Waals surface area contributed by atoms with Crippen molar-refractivity contribution in [3.05, 3.63) is 52.1 Å². The predicted octanol–water partition coefficient (Wildman–Crippen LogP) is 3.97. The highest BCUT2D eigenvalue weighted by molar-refractivity contribution is 6.02.